The summed E-state index contributed by atoms with van der Waals surface area (Å²) in [5, 5.41) is 1.35. The van der Waals surface area contributed by atoms with Crippen LogP contribution in [0.25, 0.3) is 10.9 Å². The lowest BCUT2D eigenvalue weighted by Crippen LogP contribution is -2.40. The van der Waals surface area contributed by atoms with Gasteiger partial charge in [-0.15, -0.1) is 0 Å². The van der Waals surface area contributed by atoms with Crippen molar-refractivity contribution in [2.45, 2.75) is 44.6 Å². The molecule has 5 nitrogen and oxygen atoms in total. The molecular weight excluding hydrogens is 412 g/mol. The molecule has 1 saturated heterocycles. The Balaban J connectivity index is 1.37. The molecule has 176 valence electrons. The Morgan fingerprint density at radius 1 is 1.06 bits per heavy atom. The van der Waals surface area contributed by atoms with Crippen LogP contribution in [-0.4, -0.2) is 50.4 Å². The van der Waals surface area contributed by atoms with Crippen molar-refractivity contribution >= 4 is 10.9 Å². The number of hydrogen-bond donors (Lipinski definition) is 1. The SMILES string of the molecule is COc1cc2c(cc1OC)[C@H](CCCc1c[nH]c3ccccc13)N(CC1CCOCC1)CC2. The molecule has 1 fully saturated rings. The van der Waals surface area contributed by atoms with Gasteiger partial charge in [0.1, 0.15) is 0 Å². The molecule has 0 saturated carbocycles. The van der Waals surface area contributed by atoms with Gasteiger partial charge in [-0.2, -0.15) is 0 Å². The van der Waals surface area contributed by atoms with E-state index in [9.17, 15) is 0 Å². The molecule has 0 radical (unpaired) electrons. The van der Waals surface area contributed by atoms with Crippen LogP contribution in [0.5, 0.6) is 11.5 Å². The number of ether oxygens (including phenoxy) is 3. The number of benzene rings is 2. The van der Waals surface area contributed by atoms with E-state index in [4.69, 9.17) is 14.2 Å². The van der Waals surface area contributed by atoms with Crippen molar-refractivity contribution < 1.29 is 14.2 Å². The number of H-pyrrole nitrogens is 1. The highest BCUT2D eigenvalue weighted by atomic mass is 16.5. The van der Waals surface area contributed by atoms with E-state index < -0.39 is 0 Å². The number of nitrogens with one attached hydrogen (secondary N) is 1. The largest absolute Gasteiger partial charge is 0.493 e. The van der Waals surface area contributed by atoms with Crippen LogP contribution < -0.4 is 9.47 Å². The molecule has 3 heterocycles. The van der Waals surface area contributed by atoms with E-state index in [1.165, 1.54) is 40.4 Å². The van der Waals surface area contributed by atoms with Gasteiger partial charge in [0, 0.05) is 49.4 Å². The quantitative estimate of drug-likeness (QED) is 0.492. The Hall–Kier alpha value is -2.50. The smallest absolute Gasteiger partial charge is 0.161 e. The third kappa shape index (κ3) is 4.75. The van der Waals surface area contributed by atoms with Crippen molar-refractivity contribution in [2.24, 2.45) is 5.92 Å². The summed E-state index contributed by atoms with van der Waals surface area (Å²) in [6, 6.07) is 13.5. The highest BCUT2D eigenvalue weighted by molar-refractivity contribution is 5.83. The molecule has 2 aliphatic heterocycles. The van der Waals surface area contributed by atoms with Gasteiger partial charge in [-0.25, -0.2) is 0 Å². The summed E-state index contributed by atoms with van der Waals surface area (Å²) in [7, 11) is 3.46. The molecular formula is C28H36N2O3. The first-order chi connectivity index (χ1) is 16.3. The molecule has 2 aromatic carbocycles. The van der Waals surface area contributed by atoms with Crippen molar-refractivity contribution in [3.8, 4) is 11.5 Å². The molecule has 0 amide bonds. The number of aromatic nitrogens is 1. The molecule has 1 N–H and O–H groups in total. The predicted octanol–water partition coefficient (Wildman–Crippen LogP) is 5.53. The average molecular weight is 449 g/mol. The van der Waals surface area contributed by atoms with Gasteiger partial charge < -0.3 is 19.2 Å². The first kappa shape index (κ1) is 22.3. The van der Waals surface area contributed by atoms with E-state index in [1.807, 2.05) is 0 Å². The second kappa shape index (κ2) is 10.2. The van der Waals surface area contributed by atoms with Crippen molar-refractivity contribution in [1.82, 2.24) is 9.88 Å². The standard InChI is InChI=1S/C28H36N2O3/c1-31-27-16-21-10-13-30(19-20-11-14-33-15-12-20)26(24(21)17-28(27)32-2)9-5-6-22-18-29-25-8-4-3-7-23(22)25/h3-4,7-8,16-18,20,26,29H,5-6,9-15,19H2,1-2H3/t26-/m0/s1. The fourth-order valence-corrected chi connectivity index (χ4v) is 5.72. The number of rotatable bonds is 8. The monoisotopic (exact) mass is 448 g/mol. The third-order valence-corrected chi connectivity index (χ3v) is 7.55. The van der Waals surface area contributed by atoms with E-state index in [2.05, 4.69) is 52.5 Å². The molecule has 1 atom stereocenters. The van der Waals surface area contributed by atoms with Gasteiger partial charge in [-0.05, 0) is 79.3 Å². The number of aromatic amines is 1. The summed E-state index contributed by atoms with van der Waals surface area (Å²) in [5.74, 6) is 2.41. The Morgan fingerprint density at radius 3 is 2.67 bits per heavy atom. The lowest BCUT2D eigenvalue weighted by atomic mass is 9.87. The Morgan fingerprint density at radius 2 is 1.85 bits per heavy atom. The van der Waals surface area contributed by atoms with Gasteiger partial charge in [-0.3, -0.25) is 4.90 Å². The van der Waals surface area contributed by atoms with Crippen LogP contribution in [0.2, 0.25) is 0 Å². The maximum atomic E-state index is 5.68. The third-order valence-electron chi connectivity index (χ3n) is 7.55. The van der Waals surface area contributed by atoms with Crippen LogP contribution in [0.15, 0.2) is 42.6 Å². The Bertz CT molecular complexity index is 1070. The van der Waals surface area contributed by atoms with Crippen LogP contribution in [0.3, 0.4) is 0 Å². The number of aryl methyl sites for hydroxylation is 1. The Labute approximate surface area is 197 Å². The van der Waals surface area contributed by atoms with Gasteiger partial charge in [-0.1, -0.05) is 18.2 Å². The average Bonchev–Trinajstić information content (AvgIpc) is 3.28. The highest BCUT2D eigenvalue weighted by Gasteiger charge is 2.30. The van der Waals surface area contributed by atoms with Crippen LogP contribution in [0, 0.1) is 5.92 Å². The first-order valence-corrected chi connectivity index (χ1v) is 12.4. The predicted molar refractivity (Wildman–Crippen MR) is 132 cm³/mol. The van der Waals surface area contributed by atoms with Crippen molar-refractivity contribution in [3.63, 3.8) is 0 Å². The molecule has 0 bridgehead atoms. The molecule has 5 rings (SSSR count). The topological polar surface area (TPSA) is 46.7 Å². The zero-order valence-corrected chi connectivity index (χ0v) is 19.9. The molecule has 0 spiro atoms. The van der Waals surface area contributed by atoms with Gasteiger partial charge in [0.2, 0.25) is 0 Å². The number of nitrogens with zero attached hydrogens (tertiary/aromatic N) is 1. The van der Waals surface area contributed by atoms with E-state index in [0.29, 0.717) is 6.04 Å². The van der Waals surface area contributed by atoms with E-state index in [0.717, 1.165) is 69.4 Å². The lowest BCUT2D eigenvalue weighted by Gasteiger charge is -2.40. The van der Waals surface area contributed by atoms with E-state index in [-0.39, 0.29) is 0 Å². The summed E-state index contributed by atoms with van der Waals surface area (Å²) in [4.78, 5) is 6.17. The molecule has 1 aromatic heterocycles. The zero-order chi connectivity index (χ0) is 22.6. The van der Waals surface area contributed by atoms with Gasteiger partial charge >= 0.3 is 0 Å². The summed E-state index contributed by atoms with van der Waals surface area (Å²) in [6.07, 6.45) is 9.00. The molecule has 0 aliphatic carbocycles. The first-order valence-electron chi connectivity index (χ1n) is 12.4. The number of para-hydroxylation sites is 1. The van der Waals surface area contributed by atoms with E-state index in [1.54, 1.807) is 14.2 Å². The fraction of sp³-hybridized carbons (Fsp3) is 0.500. The Kier molecular flexibility index (Phi) is 6.88. The number of fused-ring (bicyclic) bond motifs is 2. The minimum atomic E-state index is 0.418. The molecule has 3 aromatic rings. The van der Waals surface area contributed by atoms with Crippen LogP contribution in [0.1, 0.15) is 48.4 Å². The minimum Gasteiger partial charge on any atom is -0.493 e. The summed E-state index contributed by atoms with van der Waals surface area (Å²) >= 11 is 0. The lowest BCUT2D eigenvalue weighted by molar-refractivity contribution is 0.0421. The maximum absolute atomic E-state index is 5.68. The molecule has 0 unspecified atom stereocenters. The molecule has 5 heteroatoms. The van der Waals surface area contributed by atoms with Crippen LogP contribution in [-0.2, 0) is 17.6 Å². The molecule has 33 heavy (non-hydrogen) atoms. The number of hydrogen-bond acceptors (Lipinski definition) is 4. The van der Waals surface area contributed by atoms with Gasteiger partial charge in [0.25, 0.3) is 0 Å². The van der Waals surface area contributed by atoms with Gasteiger partial charge in [0.05, 0.1) is 14.2 Å². The second-order valence-corrected chi connectivity index (χ2v) is 9.47. The summed E-state index contributed by atoms with van der Waals surface area (Å²) in [6.45, 7) is 4.09. The maximum Gasteiger partial charge on any atom is 0.161 e. The zero-order valence-electron chi connectivity index (χ0n) is 19.9. The normalized spacial score (nSPS) is 19.5. The van der Waals surface area contributed by atoms with Crippen molar-refractivity contribution in [2.75, 3.05) is 40.5 Å². The van der Waals surface area contributed by atoms with E-state index >= 15 is 0 Å². The molecule has 2 aliphatic rings. The summed E-state index contributed by atoms with van der Waals surface area (Å²) < 4.78 is 16.9. The van der Waals surface area contributed by atoms with Crippen molar-refractivity contribution in [3.05, 3.63) is 59.3 Å². The van der Waals surface area contributed by atoms with Crippen molar-refractivity contribution in [1.29, 1.82) is 0 Å². The number of methoxy groups -OCH3 is 2. The second-order valence-electron chi connectivity index (χ2n) is 9.47. The highest BCUT2D eigenvalue weighted by Crippen LogP contribution is 2.41. The van der Waals surface area contributed by atoms with Crippen LogP contribution >= 0.6 is 0 Å². The van der Waals surface area contributed by atoms with Crippen LogP contribution in [0.4, 0.5) is 0 Å². The van der Waals surface area contributed by atoms with Gasteiger partial charge in [0.15, 0.2) is 11.5 Å². The minimum absolute atomic E-state index is 0.418. The fourth-order valence-electron chi connectivity index (χ4n) is 5.72. The summed E-state index contributed by atoms with van der Waals surface area (Å²) in [5.41, 5.74) is 5.48.